The van der Waals surface area contributed by atoms with E-state index in [0.29, 0.717) is 31.1 Å². The van der Waals surface area contributed by atoms with Gasteiger partial charge in [0.2, 0.25) is 0 Å². The van der Waals surface area contributed by atoms with Crippen LogP contribution in [0.25, 0.3) is 0 Å². The number of carbonyl (C=O) groups is 1. The Kier molecular flexibility index (Phi) is 5.51. The van der Waals surface area contributed by atoms with Crippen molar-refractivity contribution in [3.63, 3.8) is 0 Å². The minimum absolute atomic E-state index is 0.0692. The number of alkyl halides is 1. The van der Waals surface area contributed by atoms with Gasteiger partial charge in [-0.25, -0.2) is 0 Å². The maximum atomic E-state index is 11.5. The summed E-state index contributed by atoms with van der Waals surface area (Å²) >= 11 is 5.87. The second kappa shape index (κ2) is 7.36. The van der Waals surface area contributed by atoms with Gasteiger partial charge in [-0.1, -0.05) is 19.6 Å². The van der Waals surface area contributed by atoms with Crippen molar-refractivity contribution in [3.05, 3.63) is 36.4 Å². The Morgan fingerprint density at radius 3 is 3.00 bits per heavy atom. The zero-order chi connectivity index (χ0) is 15.2. The highest BCUT2D eigenvalue weighted by molar-refractivity contribution is 6.17. The monoisotopic (exact) mass is 310 g/mol. The van der Waals surface area contributed by atoms with E-state index in [2.05, 4.69) is 6.58 Å². The van der Waals surface area contributed by atoms with E-state index in [9.17, 15) is 4.79 Å². The molecule has 1 aromatic rings. The molecule has 0 amide bonds. The highest BCUT2D eigenvalue weighted by Gasteiger charge is 2.36. The Labute approximate surface area is 129 Å². The number of halogens is 1. The number of rotatable bonds is 7. The van der Waals surface area contributed by atoms with Crippen LogP contribution in [0.4, 0.5) is 0 Å². The molecule has 0 aliphatic carbocycles. The van der Waals surface area contributed by atoms with Crippen molar-refractivity contribution < 1.29 is 19.0 Å². The maximum Gasteiger partial charge on any atom is 0.308 e. The fraction of sp³-hybridized carbons (Fsp3) is 0.438. The van der Waals surface area contributed by atoms with Gasteiger partial charge in [-0.2, -0.15) is 0 Å². The van der Waals surface area contributed by atoms with Gasteiger partial charge in [0.25, 0.3) is 6.29 Å². The van der Waals surface area contributed by atoms with Crippen LogP contribution in [0.1, 0.15) is 31.2 Å². The fourth-order valence-corrected chi connectivity index (χ4v) is 2.49. The van der Waals surface area contributed by atoms with Crippen LogP contribution in [-0.2, 0) is 9.53 Å². The van der Waals surface area contributed by atoms with Gasteiger partial charge in [0.15, 0.2) is 0 Å². The van der Waals surface area contributed by atoms with Gasteiger partial charge in [-0.3, -0.25) is 4.79 Å². The summed E-state index contributed by atoms with van der Waals surface area (Å²) in [5, 5.41) is 0. The molecule has 0 unspecified atom stereocenters. The Morgan fingerprint density at radius 2 is 2.33 bits per heavy atom. The molecule has 0 saturated heterocycles. The Bertz CT molecular complexity index is 515. The predicted octanol–water partition coefficient (Wildman–Crippen LogP) is 3.64. The molecule has 1 aliphatic rings. The molecule has 1 heterocycles. The minimum Gasteiger partial charge on any atom is -0.490 e. The summed E-state index contributed by atoms with van der Waals surface area (Å²) in [5.41, 5.74) is 0.964. The zero-order valence-electron chi connectivity index (χ0n) is 12.0. The van der Waals surface area contributed by atoms with E-state index in [4.69, 9.17) is 25.8 Å². The number of hydrogen-bond donors (Lipinski definition) is 0. The lowest BCUT2D eigenvalue weighted by molar-refractivity contribution is -0.163. The van der Waals surface area contributed by atoms with E-state index in [0.717, 1.165) is 11.3 Å². The second-order valence-corrected chi connectivity index (χ2v) is 5.09. The SMILES string of the molecule is C=CCOc1ccc2c(c1)[C@H](CCCl)[C@@H](OC(=O)CC)O2. The Morgan fingerprint density at radius 1 is 1.52 bits per heavy atom. The van der Waals surface area contributed by atoms with Crippen molar-refractivity contribution in [3.8, 4) is 11.5 Å². The van der Waals surface area contributed by atoms with Crippen molar-refractivity contribution in [2.45, 2.75) is 32.0 Å². The highest BCUT2D eigenvalue weighted by atomic mass is 35.5. The normalized spacial score (nSPS) is 19.5. The summed E-state index contributed by atoms with van der Waals surface area (Å²) in [7, 11) is 0. The van der Waals surface area contributed by atoms with Gasteiger partial charge in [-0.15, -0.1) is 11.6 Å². The molecular formula is C16H19ClO4. The second-order valence-electron chi connectivity index (χ2n) is 4.71. The Hall–Kier alpha value is -1.68. The van der Waals surface area contributed by atoms with Crippen molar-refractivity contribution in [2.24, 2.45) is 0 Å². The molecule has 0 bridgehead atoms. The van der Waals surface area contributed by atoms with Crippen LogP contribution in [0.15, 0.2) is 30.9 Å². The number of fused-ring (bicyclic) bond motifs is 1. The molecule has 2 atom stereocenters. The van der Waals surface area contributed by atoms with E-state index in [1.54, 1.807) is 13.0 Å². The van der Waals surface area contributed by atoms with Gasteiger partial charge in [0.05, 0.1) is 5.92 Å². The van der Waals surface area contributed by atoms with Gasteiger partial charge < -0.3 is 14.2 Å². The third-order valence-corrected chi connectivity index (χ3v) is 3.49. The zero-order valence-corrected chi connectivity index (χ0v) is 12.8. The third kappa shape index (κ3) is 3.70. The van der Waals surface area contributed by atoms with Crippen LogP contribution in [0.5, 0.6) is 11.5 Å². The van der Waals surface area contributed by atoms with E-state index < -0.39 is 6.29 Å². The fourth-order valence-electron chi connectivity index (χ4n) is 2.25. The largest absolute Gasteiger partial charge is 0.490 e. The van der Waals surface area contributed by atoms with Crippen LogP contribution < -0.4 is 9.47 Å². The predicted molar refractivity (Wildman–Crippen MR) is 81.0 cm³/mol. The lowest BCUT2D eigenvalue weighted by Crippen LogP contribution is -2.26. The summed E-state index contributed by atoms with van der Waals surface area (Å²) in [5.74, 6) is 1.56. The molecule has 0 fully saturated rings. The number of esters is 1. The summed E-state index contributed by atoms with van der Waals surface area (Å²) in [4.78, 5) is 11.5. The van der Waals surface area contributed by atoms with E-state index in [1.807, 2.05) is 18.2 Å². The summed E-state index contributed by atoms with van der Waals surface area (Å²) in [6.07, 6.45) is 2.06. The summed E-state index contributed by atoms with van der Waals surface area (Å²) in [6.45, 7) is 5.81. The molecule has 21 heavy (non-hydrogen) atoms. The Balaban J connectivity index is 2.20. The first-order valence-electron chi connectivity index (χ1n) is 6.99. The highest BCUT2D eigenvalue weighted by Crippen LogP contribution is 2.42. The lowest BCUT2D eigenvalue weighted by atomic mass is 9.97. The molecule has 1 aliphatic heterocycles. The van der Waals surface area contributed by atoms with Crippen molar-refractivity contribution >= 4 is 17.6 Å². The number of ether oxygens (including phenoxy) is 3. The minimum atomic E-state index is -0.610. The number of hydrogen-bond acceptors (Lipinski definition) is 4. The molecule has 5 heteroatoms. The molecule has 0 spiro atoms. The molecule has 1 aromatic carbocycles. The molecule has 4 nitrogen and oxygen atoms in total. The quantitative estimate of drug-likeness (QED) is 0.438. The standard InChI is InChI=1S/C16H19ClO4/c1-3-9-19-11-5-6-14-13(10-11)12(7-8-17)16(20-14)21-15(18)4-2/h3,5-6,10,12,16H,1,4,7-9H2,2H3/t12-,16+/m0/s1. The average Bonchev–Trinajstić information content (AvgIpc) is 2.82. The smallest absolute Gasteiger partial charge is 0.308 e. The van der Waals surface area contributed by atoms with E-state index in [1.165, 1.54) is 0 Å². The van der Waals surface area contributed by atoms with E-state index in [-0.39, 0.29) is 11.9 Å². The molecule has 0 radical (unpaired) electrons. The first-order valence-corrected chi connectivity index (χ1v) is 7.52. The van der Waals surface area contributed by atoms with Gasteiger partial charge in [0, 0.05) is 17.9 Å². The molecular weight excluding hydrogens is 292 g/mol. The molecule has 114 valence electrons. The van der Waals surface area contributed by atoms with Gasteiger partial charge in [-0.05, 0) is 24.6 Å². The topological polar surface area (TPSA) is 44.8 Å². The molecule has 0 aromatic heterocycles. The maximum absolute atomic E-state index is 11.5. The van der Waals surface area contributed by atoms with Crippen molar-refractivity contribution in [2.75, 3.05) is 12.5 Å². The third-order valence-electron chi connectivity index (χ3n) is 3.28. The average molecular weight is 311 g/mol. The van der Waals surface area contributed by atoms with Crippen LogP contribution in [0, 0.1) is 0 Å². The van der Waals surface area contributed by atoms with E-state index >= 15 is 0 Å². The van der Waals surface area contributed by atoms with Crippen LogP contribution in [0.2, 0.25) is 0 Å². The lowest BCUT2D eigenvalue weighted by Gasteiger charge is -2.18. The van der Waals surface area contributed by atoms with Gasteiger partial charge >= 0.3 is 5.97 Å². The number of benzene rings is 1. The van der Waals surface area contributed by atoms with Crippen LogP contribution in [0.3, 0.4) is 0 Å². The summed E-state index contributed by atoms with van der Waals surface area (Å²) in [6, 6.07) is 5.56. The molecule has 2 rings (SSSR count). The first kappa shape index (κ1) is 15.7. The van der Waals surface area contributed by atoms with Crippen molar-refractivity contribution in [1.82, 2.24) is 0 Å². The number of carbonyl (C=O) groups excluding carboxylic acids is 1. The molecule has 0 saturated carbocycles. The van der Waals surface area contributed by atoms with Crippen LogP contribution in [-0.4, -0.2) is 24.7 Å². The summed E-state index contributed by atoms with van der Waals surface area (Å²) < 4.78 is 16.6. The van der Waals surface area contributed by atoms with Crippen molar-refractivity contribution in [1.29, 1.82) is 0 Å². The first-order chi connectivity index (χ1) is 10.2. The van der Waals surface area contributed by atoms with Crippen LogP contribution >= 0.6 is 11.6 Å². The van der Waals surface area contributed by atoms with Gasteiger partial charge in [0.1, 0.15) is 18.1 Å². The molecule has 0 N–H and O–H groups in total.